The van der Waals surface area contributed by atoms with Gasteiger partial charge >= 0.3 is 0 Å². The van der Waals surface area contributed by atoms with E-state index < -0.39 is 0 Å². The maximum absolute atomic E-state index is 4.36. The fourth-order valence-corrected chi connectivity index (χ4v) is 2.97. The van der Waals surface area contributed by atoms with Crippen LogP contribution in [-0.4, -0.2) is 40.1 Å². The van der Waals surface area contributed by atoms with Crippen molar-refractivity contribution in [1.82, 2.24) is 19.8 Å². The molecule has 0 radical (unpaired) electrons. The Labute approximate surface area is 117 Å². The quantitative estimate of drug-likeness (QED) is 0.856. The zero-order valence-electron chi connectivity index (χ0n) is 12.6. The molecule has 0 aromatic carbocycles. The molecule has 1 aliphatic rings. The van der Waals surface area contributed by atoms with Crippen molar-refractivity contribution in [3.05, 3.63) is 18.2 Å². The van der Waals surface area contributed by atoms with Crippen LogP contribution < -0.4 is 5.32 Å². The van der Waals surface area contributed by atoms with Gasteiger partial charge in [-0.2, -0.15) is 0 Å². The molecule has 0 bridgehead atoms. The predicted molar refractivity (Wildman–Crippen MR) is 79.2 cm³/mol. The van der Waals surface area contributed by atoms with Crippen LogP contribution in [0.1, 0.15) is 51.8 Å². The number of hydrogen-bond acceptors (Lipinski definition) is 3. The molecule has 4 nitrogen and oxygen atoms in total. The highest BCUT2D eigenvalue weighted by Crippen LogP contribution is 2.25. The highest BCUT2D eigenvalue weighted by Gasteiger charge is 2.22. The zero-order chi connectivity index (χ0) is 13.7. The summed E-state index contributed by atoms with van der Waals surface area (Å²) in [6, 6.07) is 1.12. The van der Waals surface area contributed by atoms with Crippen molar-refractivity contribution in [3.8, 4) is 0 Å². The minimum Gasteiger partial charge on any atom is -0.332 e. The Morgan fingerprint density at radius 1 is 1.37 bits per heavy atom. The first-order chi connectivity index (χ1) is 9.24. The molecule has 0 saturated carbocycles. The lowest BCUT2D eigenvalue weighted by Gasteiger charge is -2.29. The molecule has 1 N–H and O–H groups in total. The van der Waals surface area contributed by atoms with E-state index in [1.165, 1.54) is 25.0 Å². The molecule has 0 aliphatic carbocycles. The van der Waals surface area contributed by atoms with E-state index in [2.05, 4.69) is 40.5 Å². The summed E-state index contributed by atoms with van der Waals surface area (Å²) in [7, 11) is 0. The Morgan fingerprint density at radius 3 is 2.84 bits per heavy atom. The topological polar surface area (TPSA) is 33.1 Å². The van der Waals surface area contributed by atoms with Crippen LogP contribution in [0.3, 0.4) is 0 Å². The summed E-state index contributed by atoms with van der Waals surface area (Å²) in [5.41, 5.74) is 1.36. The second kappa shape index (κ2) is 7.06. The fraction of sp³-hybridized carbons (Fsp3) is 0.800. The smallest absolute Gasteiger partial charge is 0.0949 e. The summed E-state index contributed by atoms with van der Waals surface area (Å²) in [5, 5.41) is 3.70. The van der Waals surface area contributed by atoms with Crippen molar-refractivity contribution in [1.29, 1.82) is 0 Å². The molecule has 19 heavy (non-hydrogen) atoms. The van der Waals surface area contributed by atoms with Gasteiger partial charge in [-0.1, -0.05) is 13.8 Å². The maximum Gasteiger partial charge on any atom is 0.0949 e. The van der Waals surface area contributed by atoms with Crippen LogP contribution in [0.2, 0.25) is 0 Å². The van der Waals surface area contributed by atoms with Gasteiger partial charge in [-0.3, -0.25) is 0 Å². The van der Waals surface area contributed by atoms with E-state index >= 15 is 0 Å². The fourth-order valence-electron chi connectivity index (χ4n) is 2.97. The van der Waals surface area contributed by atoms with E-state index in [1.54, 1.807) is 0 Å². The molecule has 2 heterocycles. The van der Waals surface area contributed by atoms with Crippen LogP contribution in [0, 0.1) is 0 Å². The number of aromatic nitrogens is 2. The van der Waals surface area contributed by atoms with E-state index in [0.717, 1.165) is 26.2 Å². The molecule has 1 aliphatic heterocycles. The number of piperidine rings is 1. The summed E-state index contributed by atoms with van der Waals surface area (Å²) >= 11 is 0. The molecule has 1 aromatic rings. The third-order valence-electron chi connectivity index (χ3n) is 4.27. The third-order valence-corrected chi connectivity index (χ3v) is 4.27. The number of hydrogen-bond donors (Lipinski definition) is 1. The lowest BCUT2D eigenvalue weighted by molar-refractivity contribution is 0.282. The van der Waals surface area contributed by atoms with Gasteiger partial charge in [0.15, 0.2) is 0 Å². The van der Waals surface area contributed by atoms with Crippen LogP contribution in [0.15, 0.2) is 12.5 Å². The minimum atomic E-state index is 0.489. The molecular weight excluding hydrogens is 236 g/mol. The van der Waals surface area contributed by atoms with E-state index in [1.807, 2.05) is 12.5 Å². The molecule has 2 unspecified atom stereocenters. The van der Waals surface area contributed by atoms with Gasteiger partial charge in [0.05, 0.1) is 12.0 Å². The summed E-state index contributed by atoms with van der Waals surface area (Å²) in [6.45, 7) is 11.1. The lowest BCUT2D eigenvalue weighted by atomic mass is 9.97. The van der Waals surface area contributed by atoms with Gasteiger partial charge in [-0.25, -0.2) is 4.98 Å². The van der Waals surface area contributed by atoms with Gasteiger partial charge in [-0.15, -0.1) is 0 Å². The van der Waals surface area contributed by atoms with Crippen LogP contribution in [-0.2, 0) is 6.54 Å². The summed E-state index contributed by atoms with van der Waals surface area (Å²) in [6.07, 6.45) is 7.88. The predicted octanol–water partition coefficient (Wildman–Crippen LogP) is 2.43. The second-order valence-electron chi connectivity index (χ2n) is 5.59. The number of imidazole rings is 1. The van der Waals surface area contributed by atoms with Gasteiger partial charge in [0.1, 0.15) is 0 Å². The monoisotopic (exact) mass is 264 g/mol. The zero-order valence-corrected chi connectivity index (χ0v) is 12.6. The van der Waals surface area contributed by atoms with Crippen LogP contribution in [0.4, 0.5) is 0 Å². The Bertz CT molecular complexity index is 370. The van der Waals surface area contributed by atoms with Crippen molar-refractivity contribution in [2.24, 2.45) is 0 Å². The van der Waals surface area contributed by atoms with Gasteiger partial charge in [0.2, 0.25) is 0 Å². The Morgan fingerprint density at radius 2 is 2.16 bits per heavy atom. The molecular formula is C15H28N4. The van der Waals surface area contributed by atoms with Crippen molar-refractivity contribution in [2.45, 2.75) is 58.7 Å². The highest BCUT2D eigenvalue weighted by atomic mass is 15.2. The molecule has 1 saturated heterocycles. The van der Waals surface area contributed by atoms with Gasteiger partial charge < -0.3 is 14.8 Å². The van der Waals surface area contributed by atoms with Gasteiger partial charge in [-0.05, 0) is 39.3 Å². The largest absolute Gasteiger partial charge is 0.332 e. The normalized spacial score (nSPS) is 24.0. The number of rotatable bonds is 6. The molecule has 1 fully saturated rings. The SMILES string of the molecule is CCN(CC)CCn1cncc1C1CCCC(C)N1. The van der Waals surface area contributed by atoms with Crippen LogP contribution in [0.25, 0.3) is 0 Å². The molecule has 1 aromatic heterocycles. The molecule has 0 amide bonds. The third kappa shape index (κ3) is 3.80. The van der Waals surface area contributed by atoms with E-state index in [9.17, 15) is 0 Å². The summed E-state index contributed by atoms with van der Waals surface area (Å²) < 4.78 is 2.33. The Balaban J connectivity index is 1.97. The van der Waals surface area contributed by atoms with Crippen molar-refractivity contribution >= 4 is 0 Å². The van der Waals surface area contributed by atoms with E-state index in [0.29, 0.717) is 12.1 Å². The summed E-state index contributed by atoms with van der Waals surface area (Å²) in [5.74, 6) is 0. The maximum atomic E-state index is 4.36. The Hall–Kier alpha value is -0.870. The van der Waals surface area contributed by atoms with Gasteiger partial charge in [0.25, 0.3) is 0 Å². The number of nitrogens with one attached hydrogen (secondary N) is 1. The minimum absolute atomic E-state index is 0.489. The van der Waals surface area contributed by atoms with Crippen molar-refractivity contribution in [2.75, 3.05) is 19.6 Å². The van der Waals surface area contributed by atoms with Crippen LogP contribution in [0.5, 0.6) is 0 Å². The number of nitrogens with zero attached hydrogens (tertiary/aromatic N) is 3. The average molecular weight is 264 g/mol. The molecule has 0 spiro atoms. The summed E-state index contributed by atoms with van der Waals surface area (Å²) in [4.78, 5) is 6.82. The van der Waals surface area contributed by atoms with E-state index in [-0.39, 0.29) is 0 Å². The lowest BCUT2D eigenvalue weighted by Crippen LogP contribution is -2.36. The van der Waals surface area contributed by atoms with Gasteiger partial charge in [0, 0.05) is 31.4 Å². The first-order valence-corrected chi connectivity index (χ1v) is 7.73. The van der Waals surface area contributed by atoms with Crippen molar-refractivity contribution in [3.63, 3.8) is 0 Å². The first kappa shape index (κ1) is 14.5. The van der Waals surface area contributed by atoms with E-state index in [4.69, 9.17) is 0 Å². The molecule has 108 valence electrons. The number of likely N-dealkylation sites (N-methyl/N-ethyl adjacent to an activating group) is 1. The molecule has 2 atom stereocenters. The van der Waals surface area contributed by atoms with Crippen molar-refractivity contribution < 1.29 is 0 Å². The average Bonchev–Trinajstić information content (AvgIpc) is 2.88. The second-order valence-corrected chi connectivity index (χ2v) is 5.59. The Kier molecular flexibility index (Phi) is 5.40. The molecule has 2 rings (SSSR count). The first-order valence-electron chi connectivity index (χ1n) is 7.73. The van der Waals surface area contributed by atoms with Crippen LogP contribution >= 0.6 is 0 Å². The standard InChI is InChI=1S/C15H28N4/c1-4-18(5-2)9-10-19-12-16-11-15(19)14-8-6-7-13(3)17-14/h11-14,17H,4-10H2,1-3H3. The molecule has 4 heteroatoms. The highest BCUT2D eigenvalue weighted by molar-refractivity contribution is 5.07.